The minimum Gasteiger partial charge on any atom is -0.380 e. The summed E-state index contributed by atoms with van der Waals surface area (Å²) in [6, 6.07) is 0. The molecule has 1 aromatic heterocycles. The maximum atomic E-state index is 11.5. The van der Waals surface area contributed by atoms with Crippen molar-refractivity contribution in [1.29, 1.82) is 0 Å². The van der Waals surface area contributed by atoms with Crippen molar-refractivity contribution in [2.24, 2.45) is 0 Å². The molecule has 0 saturated heterocycles. The molecular formula is C10H18N2O2. The molecule has 0 saturated carbocycles. The number of hydrogen-bond donors (Lipinski definition) is 0. The second-order valence-corrected chi connectivity index (χ2v) is 3.17. The Labute approximate surface area is 84.1 Å². The zero-order valence-electron chi connectivity index (χ0n) is 8.90. The van der Waals surface area contributed by atoms with E-state index in [2.05, 4.69) is 6.92 Å². The number of imidazole rings is 1. The Balaban J connectivity index is 2.43. The van der Waals surface area contributed by atoms with Crippen LogP contribution < -0.4 is 5.69 Å². The van der Waals surface area contributed by atoms with Crippen LogP contribution in [-0.4, -0.2) is 22.3 Å². The average Bonchev–Trinajstić information content (AvgIpc) is 2.55. The van der Waals surface area contributed by atoms with Crippen molar-refractivity contribution in [3.05, 3.63) is 22.9 Å². The Morgan fingerprint density at radius 2 is 1.93 bits per heavy atom. The molecule has 1 rings (SSSR count). The SMILES string of the molecule is CCCOCCn1ccn(CC)c1=O. The number of aryl methyl sites for hydroxylation is 1. The maximum absolute atomic E-state index is 11.5. The number of ether oxygens (including phenoxy) is 1. The zero-order chi connectivity index (χ0) is 10.4. The molecule has 0 aromatic carbocycles. The van der Waals surface area contributed by atoms with Crippen LogP contribution in [0.1, 0.15) is 20.3 Å². The first kappa shape index (κ1) is 11.0. The highest BCUT2D eigenvalue weighted by Gasteiger charge is 2.00. The van der Waals surface area contributed by atoms with Gasteiger partial charge in [-0.1, -0.05) is 6.92 Å². The van der Waals surface area contributed by atoms with E-state index in [4.69, 9.17) is 4.74 Å². The van der Waals surface area contributed by atoms with E-state index in [1.54, 1.807) is 15.3 Å². The van der Waals surface area contributed by atoms with Crippen molar-refractivity contribution < 1.29 is 4.74 Å². The summed E-state index contributed by atoms with van der Waals surface area (Å²) in [4.78, 5) is 11.5. The van der Waals surface area contributed by atoms with Gasteiger partial charge in [-0.15, -0.1) is 0 Å². The molecule has 4 nitrogen and oxygen atoms in total. The summed E-state index contributed by atoms with van der Waals surface area (Å²) in [5.74, 6) is 0. The van der Waals surface area contributed by atoms with Crippen molar-refractivity contribution >= 4 is 0 Å². The van der Waals surface area contributed by atoms with E-state index in [-0.39, 0.29) is 5.69 Å². The summed E-state index contributed by atoms with van der Waals surface area (Å²) in [5.41, 5.74) is 0.0487. The molecule has 0 aliphatic heterocycles. The van der Waals surface area contributed by atoms with Gasteiger partial charge in [0.2, 0.25) is 0 Å². The van der Waals surface area contributed by atoms with Crippen LogP contribution in [0.5, 0.6) is 0 Å². The van der Waals surface area contributed by atoms with Crippen LogP contribution in [0.3, 0.4) is 0 Å². The van der Waals surface area contributed by atoms with Gasteiger partial charge in [0.25, 0.3) is 0 Å². The summed E-state index contributed by atoms with van der Waals surface area (Å²) >= 11 is 0. The predicted molar refractivity (Wildman–Crippen MR) is 55.5 cm³/mol. The largest absolute Gasteiger partial charge is 0.380 e. The van der Waals surface area contributed by atoms with E-state index in [0.717, 1.165) is 19.6 Å². The summed E-state index contributed by atoms with van der Waals surface area (Å²) in [6.45, 7) is 6.78. The first-order chi connectivity index (χ1) is 6.79. The third-order valence-electron chi connectivity index (χ3n) is 2.08. The van der Waals surface area contributed by atoms with Gasteiger partial charge >= 0.3 is 5.69 Å². The van der Waals surface area contributed by atoms with Crippen LogP contribution in [0, 0.1) is 0 Å². The molecule has 0 atom stereocenters. The van der Waals surface area contributed by atoms with Gasteiger partial charge in [-0.25, -0.2) is 4.79 Å². The lowest BCUT2D eigenvalue weighted by molar-refractivity contribution is 0.126. The normalized spacial score (nSPS) is 10.7. The van der Waals surface area contributed by atoms with E-state index < -0.39 is 0 Å². The third kappa shape index (κ3) is 2.73. The van der Waals surface area contributed by atoms with E-state index in [0.29, 0.717) is 13.2 Å². The standard InChI is InChI=1S/C10H18N2O2/c1-3-8-14-9-7-12-6-5-11(4-2)10(12)13/h5-6H,3-4,7-9H2,1-2H3. The van der Waals surface area contributed by atoms with Gasteiger partial charge in [0.15, 0.2) is 0 Å². The molecule has 0 N–H and O–H groups in total. The van der Waals surface area contributed by atoms with E-state index >= 15 is 0 Å². The summed E-state index contributed by atoms with van der Waals surface area (Å²) in [5, 5.41) is 0. The molecule has 0 amide bonds. The van der Waals surface area contributed by atoms with Gasteiger partial charge in [0, 0.05) is 25.5 Å². The molecule has 14 heavy (non-hydrogen) atoms. The highest BCUT2D eigenvalue weighted by Crippen LogP contribution is 1.87. The minimum atomic E-state index is 0.0487. The molecule has 0 fully saturated rings. The molecule has 4 heteroatoms. The Morgan fingerprint density at radius 1 is 1.21 bits per heavy atom. The van der Waals surface area contributed by atoms with Crippen LogP contribution in [-0.2, 0) is 17.8 Å². The Morgan fingerprint density at radius 3 is 2.50 bits per heavy atom. The van der Waals surface area contributed by atoms with E-state index in [1.807, 2.05) is 13.1 Å². The zero-order valence-corrected chi connectivity index (χ0v) is 8.90. The van der Waals surface area contributed by atoms with Gasteiger partial charge < -0.3 is 4.74 Å². The molecule has 0 radical (unpaired) electrons. The first-order valence-corrected chi connectivity index (χ1v) is 5.13. The van der Waals surface area contributed by atoms with Crippen molar-refractivity contribution in [1.82, 2.24) is 9.13 Å². The average molecular weight is 198 g/mol. The van der Waals surface area contributed by atoms with Gasteiger partial charge in [-0.2, -0.15) is 0 Å². The molecule has 0 spiro atoms. The second kappa shape index (κ2) is 5.65. The second-order valence-electron chi connectivity index (χ2n) is 3.17. The lowest BCUT2D eigenvalue weighted by Crippen LogP contribution is -2.25. The number of nitrogens with zero attached hydrogens (tertiary/aromatic N) is 2. The first-order valence-electron chi connectivity index (χ1n) is 5.13. The predicted octanol–water partition coefficient (Wildman–Crippen LogP) is 1.10. The smallest absolute Gasteiger partial charge is 0.328 e. The molecular weight excluding hydrogens is 180 g/mol. The van der Waals surface area contributed by atoms with Crippen molar-refractivity contribution in [2.45, 2.75) is 33.4 Å². The summed E-state index contributed by atoms with van der Waals surface area (Å²) in [7, 11) is 0. The van der Waals surface area contributed by atoms with Crippen LogP contribution in [0.15, 0.2) is 17.2 Å². The topological polar surface area (TPSA) is 36.2 Å². The Bertz CT molecular complexity index is 314. The van der Waals surface area contributed by atoms with Crippen LogP contribution in [0.4, 0.5) is 0 Å². The van der Waals surface area contributed by atoms with E-state index in [9.17, 15) is 4.79 Å². The van der Waals surface area contributed by atoms with Crippen molar-refractivity contribution in [3.63, 3.8) is 0 Å². The molecule has 1 aromatic rings. The monoisotopic (exact) mass is 198 g/mol. The maximum Gasteiger partial charge on any atom is 0.328 e. The lowest BCUT2D eigenvalue weighted by Gasteiger charge is -2.02. The van der Waals surface area contributed by atoms with Crippen molar-refractivity contribution in [3.8, 4) is 0 Å². The van der Waals surface area contributed by atoms with Gasteiger partial charge in [-0.05, 0) is 13.3 Å². The fourth-order valence-corrected chi connectivity index (χ4v) is 1.27. The highest BCUT2D eigenvalue weighted by atomic mass is 16.5. The highest BCUT2D eigenvalue weighted by molar-refractivity contribution is 4.80. The summed E-state index contributed by atoms with van der Waals surface area (Å²) in [6.07, 6.45) is 4.63. The van der Waals surface area contributed by atoms with Gasteiger partial charge in [0.05, 0.1) is 13.2 Å². The lowest BCUT2D eigenvalue weighted by atomic mass is 10.5. The van der Waals surface area contributed by atoms with Crippen LogP contribution in [0.25, 0.3) is 0 Å². The Hall–Kier alpha value is -1.03. The Kier molecular flexibility index (Phi) is 4.46. The molecule has 0 unspecified atom stereocenters. The fourth-order valence-electron chi connectivity index (χ4n) is 1.27. The number of rotatable bonds is 6. The molecule has 80 valence electrons. The third-order valence-corrected chi connectivity index (χ3v) is 2.08. The number of aromatic nitrogens is 2. The molecule has 0 bridgehead atoms. The molecule has 1 heterocycles. The van der Waals surface area contributed by atoms with Crippen molar-refractivity contribution in [2.75, 3.05) is 13.2 Å². The van der Waals surface area contributed by atoms with E-state index in [1.165, 1.54) is 0 Å². The van der Waals surface area contributed by atoms with Gasteiger partial charge in [-0.3, -0.25) is 9.13 Å². The molecule has 0 aliphatic carbocycles. The minimum absolute atomic E-state index is 0.0487. The number of hydrogen-bond acceptors (Lipinski definition) is 2. The van der Waals surface area contributed by atoms with Crippen LogP contribution in [0.2, 0.25) is 0 Å². The fraction of sp³-hybridized carbons (Fsp3) is 0.700. The van der Waals surface area contributed by atoms with Crippen LogP contribution >= 0.6 is 0 Å². The molecule has 0 aliphatic rings. The summed E-state index contributed by atoms with van der Waals surface area (Å²) < 4.78 is 8.68. The quantitative estimate of drug-likeness (QED) is 0.642. The van der Waals surface area contributed by atoms with Gasteiger partial charge in [0.1, 0.15) is 0 Å².